The van der Waals surface area contributed by atoms with Gasteiger partial charge in [0.2, 0.25) is 10.0 Å². The van der Waals surface area contributed by atoms with E-state index in [1.54, 1.807) is 0 Å². The van der Waals surface area contributed by atoms with E-state index in [0.29, 0.717) is 0 Å². The molecule has 21 heavy (non-hydrogen) atoms. The van der Waals surface area contributed by atoms with Crippen molar-refractivity contribution in [3.8, 4) is 0 Å². The molecule has 2 heterocycles. The number of likely N-dealkylation sites (tertiary alicyclic amines) is 1. The van der Waals surface area contributed by atoms with E-state index in [-0.39, 0.29) is 11.3 Å². The lowest BCUT2D eigenvalue weighted by Gasteiger charge is -2.32. The average molecular weight is 313 g/mol. The second kappa shape index (κ2) is 5.70. The first kappa shape index (κ1) is 15.0. The van der Waals surface area contributed by atoms with E-state index in [1.165, 1.54) is 0 Å². The van der Waals surface area contributed by atoms with Gasteiger partial charge in [-0.05, 0) is 46.1 Å². The number of aryl methyl sites for hydroxylation is 2. The zero-order valence-corrected chi connectivity index (χ0v) is 13.4. The SMILES string of the molecule is Cc1noc(C)c1CN1CCCC(NS(=O)(=O)C2CC2)C1. The Hall–Kier alpha value is -0.920. The summed E-state index contributed by atoms with van der Waals surface area (Å²) in [5.41, 5.74) is 2.05. The number of piperidine rings is 1. The third-order valence-corrected chi connectivity index (χ3v) is 6.37. The molecule has 1 unspecified atom stereocenters. The molecule has 1 saturated carbocycles. The molecule has 1 N–H and O–H groups in total. The Morgan fingerprint density at radius 3 is 2.71 bits per heavy atom. The van der Waals surface area contributed by atoms with Crippen molar-refractivity contribution in [3.05, 3.63) is 17.0 Å². The van der Waals surface area contributed by atoms with E-state index in [1.807, 2.05) is 13.8 Å². The molecule has 1 aromatic heterocycles. The molecular formula is C14H23N3O3S. The van der Waals surface area contributed by atoms with E-state index in [9.17, 15) is 8.42 Å². The third-order valence-electron chi connectivity index (χ3n) is 4.36. The molecule has 2 aliphatic rings. The van der Waals surface area contributed by atoms with Gasteiger partial charge in [-0.2, -0.15) is 0 Å². The van der Waals surface area contributed by atoms with Crippen molar-refractivity contribution in [2.75, 3.05) is 13.1 Å². The normalized spacial score (nSPS) is 24.4. The van der Waals surface area contributed by atoms with Crippen molar-refractivity contribution < 1.29 is 12.9 Å². The average Bonchev–Trinajstić information content (AvgIpc) is 3.23. The summed E-state index contributed by atoms with van der Waals surface area (Å²) in [5, 5.41) is 3.84. The van der Waals surface area contributed by atoms with E-state index in [0.717, 1.165) is 62.3 Å². The van der Waals surface area contributed by atoms with Crippen LogP contribution < -0.4 is 4.72 Å². The number of sulfonamides is 1. The minimum atomic E-state index is -3.10. The van der Waals surface area contributed by atoms with Gasteiger partial charge in [0.05, 0.1) is 10.9 Å². The van der Waals surface area contributed by atoms with Gasteiger partial charge in [-0.25, -0.2) is 13.1 Å². The molecule has 0 spiro atoms. The molecule has 1 aliphatic heterocycles. The van der Waals surface area contributed by atoms with Gasteiger partial charge in [0.1, 0.15) is 5.76 Å². The highest BCUT2D eigenvalue weighted by Gasteiger charge is 2.37. The molecule has 1 saturated heterocycles. The summed E-state index contributed by atoms with van der Waals surface area (Å²) >= 11 is 0. The lowest BCUT2D eigenvalue weighted by atomic mass is 10.1. The predicted molar refractivity (Wildman–Crippen MR) is 79.4 cm³/mol. The van der Waals surface area contributed by atoms with E-state index < -0.39 is 10.0 Å². The van der Waals surface area contributed by atoms with Crippen molar-refractivity contribution >= 4 is 10.0 Å². The fraction of sp³-hybridized carbons (Fsp3) is 0.786. The monoisotopic (exact) mass is 313 g/mol. The van der Waals surface area contributed by atoms with Crippen LogP contribution in [0.4, 0.5) is 0 Å². The summed E-state index contributed by atoms with van der Waals surface area (Å²) < 4.78 is 32.2. The fourth-order valence-electron chi connectivity index (χ4n) is 2.95. The number of nitrogens with zero attached hydrogens (tertiary/aromatic N) is 2. The molecule has 3 rings (SSSR count). The van der Waals surface area contributed by atoms with Crippen molar-refractivity contribution in [2.45, 2.75) is 57.4 Å². The number of hydrogen-bond donors (Lipinski definition) is 1. The number of rotatable bonds is 5. The quantitative estimate of drug-likeness (QED) is 0.888. The van der Waals surface area contributed by atoms with Crippen LogP contribution in [-0.4, -0.2) is 42.9 Å². The summed E-state index contributed by atoms with van der Waals surface area (Å²) in [4.78, 5) is 2.29. The highest BCUT2D eigenvalue weighted by Crippen LogP contribution is 2.28. The fourth-order valence-corrected chi connectivity index (χ4v) is 4.56. The summed E-state index contributed by atoms with van der Waals surface area (Å²) in [7, 11) is -3.10. The van der Waals surface area contributed by atoms with E-state index in [2.05, 4.69) is 14.8 Å². The summed E-state index contributed by atoms with van der Waals surface area (Å²) in [6, 6.07) is 0.0322. The maximum Gasteiger partial charge on any atom is 0.214 e. The Kier molecular flexibility index (Phi) is 4.07. The molecule has 1 aliphatic carbocycles. The highest BCUT2D eigenvalue weighted by atomic mass is 32.2. The number of aromatic nitrogens is 1. The van der Waals surface area contributed by atoms with E-state index >= 15 is 0 Å². The first-order valence-electron chi connectivity index (χ1n) is 7.61. The summed E-state index contributed by atoms with van der Waals surface area (Å²) in [6.45, 7) is 6.40. The zero-order chi connectivity index (χ0) is 15.0. The molecule has 7 heteroatoms. The smallest absolute Gasteiger partial charge is 0.214 e. The van der Waals surface area contributed by atoms with Crippen LogP contribution in [0.25, 0.3) is 0 Å². The molecule has 0 amide bonds. The minimum Gasteiger partial charge on any atom is -0.361 e. The Bertz CT molecular complexity index is 587. The lowest BCUT2D eigenvalue weighted by Crippen LogP contribution is -2.48. The van der Waals surface area contributed by atoms with Crippen LogP contribution in [0.15, 0.2) is 4.52 Å². The first-order valence-corrected chi connectivity index (χ1v) is 9.15. The van der Waals surface area contributed by atoms with Crippen LogP contribution in [0.5, 0.6) is 0 Å². The largest absolute Gasteiger partial charge is 0.361 e. The predicted octanol–water partition coefficient (Wildman–Crippen LogP) is 1.34. The van der Waals surface area contributed by atoms with Gasteiger partial charge in [-0.1, -0.05) is 5.16 Å². The second-order valence-corrected chi connectivity index (χ2v) is 8.23. The molecule has 118 valence electrons. The maximum atomic E-state index is 12.0. The number of nitrogens with one attached hydrogen (secondary N) is 1. The van der Waals surface area contributed by atoms with Crippen molar-refractivity contribution in [1.29, 1.82) is 0 Å². The molecule has 1 atom stereocenters. The Morgan fingerprint density at radius 1 is 1.33 bits per heavy atom. The van der Waals surface area contributed by atoms with Crippen molar-refractivity contribution in [1.82, 2.24) is 14.8 Å². The van der Waals surface area contributed by atoms with Gasteiger partial charge in [0.25, 0.3) is 0 Å². The van der Waals surface area contributed by atoms with Gasteiger partial charge in [-0.3, -0.25) is 4.90 Å². The molecule has 0 aromatic carbocycles. The topological polar surface area (TPSA) is 75.4 Å². The first-order chi connectivity index (χ1) is 9.95. The summed E-state index contributed by atoms with van der Waals surface area (Å²) in [5.74, 6) is 0.855. The van der Waals surface area contributed by atoms with Gasteiger partial charge in [0, 0.05) is 24.7 Å². The number of hydrogen-bond acceptors (Lipinski definition) is 5. The van der Waals surface area contributed by atoms with Crippen molar-refractivity contribution in [3.63, 3.8) is 0 Å². The molecule has 0 radical (unpaired) electrons. The van der Waals surface area contributed by atoms with Crippen LogP contribution >= 0.6 is 0 Å². The van der Waals surface area contributed by atoms with Crippen LogP contribution in [0.1, 0.15) is 42.7 Å². The second-order valence-electron chi connectivity index (χ2n) is 6.24. The van der Waals surface area contributed by atoms with E-state index in [4.69, 9.17) is 4.52 Å². The molecule has 6 nitrogen and oxygen atoms in total. The Labute approximate surface area is 125 Å². The highest BCUT2D eigenvalue weighted by molar-refractivity contribution is 7.90. The molecule has 0 bridgehead atoms. The third kappa shape index (κ3) is 3.46. The lowest BCUT2D eigenvalue weighted by molar-refractivity contribution is 0.193. The van der Waals surface area contributed by atoms with Gasteiger partial charge in [0.15, 0.2) is 0 Å². The maximum absolute atomic E-state index is 12.0. The minimum absolute atomic E-state index is 0.0322. The molecule has 2 fully saturated rings. The standard InChI is InChI=1S/C14H23N3O3S/c1-10-14(11(2)20-15-10)9-17-7-3-4-12(8-17)16-21(18,19)13-5-6-13/h12-13,16H,3-9H2,1-2H3. The Balaban J connectivity index is 1.61. The molecule has 1 aromatic rings. The van der Waals surface area contributed by atoms with Crippen LogP contribution in [-0.2, 0) is 16.6 Å². The van der Waals surface area contributed by atoms with Gasteiger partial charge >= 0.3 is 0 Å². The van der Waals surface area contributed by atoms with Crippen LogP contribution in [0.3, 0.4) is 0 Å². The Morgan fingerprint density at radius 2 is 2.10 bits per heavy atom. The van der Waals surface area contributed by atoms with Crippen LogP contribution in [0, 0.1) is 13.8 Å². The summed E-state index contributed by atoms with van der Waals surface area (Å²) in [6.07, 6.45) is 3.56. The zero-order valence-electron chi connectivity index (χ0n) is 12.6. The van der Waals surface area contributed by atoms with Crippen LogP contribution in [0.2, 0.25) is 0 Å². The molecular weight excluding hydrogens is 290 g/mol. The van der Waals surface area contributed by atoms with Gasteiger partial charge < -0.3 is 4.52 Å². The van der Waals surface area contributed by atoms with Gasteiger partial charge in [-0.15, -0.1) is 0 Å². The van der Waals surface area contributed by atoms with Crippen molar-refractivity contribution in [2.24, 2.45) is 0 Å².